The maximum Gasteiger partial charge on any atom is 0.263 e. The molecule has 0 radical (unpaired) electrons. The minimum absolute atomic E-state index is 0.115. The Morgan fingerprint density at radius 3 is 2.52 bits per heavy atom. The van der Waals surface area contributed by atoms with Crippen molar-refractivity contribution in [3.8, 4) is 5.75 Å². The summed E-state index contributed by atoms with van der Waals surface area (Å²) in [5.74, 6) is 1.56. The Labute approximate surface area is 186 Å². The highest BCUT2D eigenvalue weighted by molar-refractivity contribution is 6.31. The Bertz CT molecular complexity index is 1040. The van der Waals surface area contributed by atoms with E-state index in [0.717, 1.165) is 37.6 Å². The number of anilines is 3. The molecule has 1 N–H and O–H groups in total. The third kappa shape index (κ3) is 5.44. The summed E-state index contributed by atoms with van der Waals surface area (Å²) in [7, 11) is 0. The van der Waals surface area contributed by atoms with Gasteiger partial charge in [0.15, 0.2) is 6.61 Å². The number of para-hydroxylation sites is 1. The van der Waals surface area contributed by atoms with Gasteiger partial charge in [0.2, 0.25) is 0 Å². The van der Waals surface area contributed by atoms with Crippen molar-refractivity contribution in [3.63, 3.8) is 0 Å². The van der Waals surface area contributed by atoms with E-state index >= 15 is 0 Å². The predicted octanol–water partition coefficient (Wildman–Crippen LogP) is 3.78. The summed E-state index contributed by atoms with van der Waals surface area (Å²) in [5.41, 5.74) is 2.13. The minimum Gasteiger partial charge on any atom is -0.484 e. The molecular weight excluding hydrogens is 414 g/mol. The fourth-order valence-electron chi connectivity index (χ4n) is 3.46. The molecule has 0 atom stereocenters. The van der Waals surface area contributed by atoms with E-state index in [2.05, 4.69) is 49.4 Å². The number of nitrogens with zero attached hydrogens (tertiary/aromatic N) is 4. The predicted molar refractivity (Wildman–Crippen MR) is 123 cm³/mol. The molecular formula is C23H24ClN5O2. The topological polar surface area (TPSA) is 70.6 Å². The molecule has 1 fully saturated rings. The van der Waals surface area contributed by atoms with E-state index in [0.29, 0.717) is 16.6 Å². The van der Waals surface area contributed by atoms with Crippen LogP contribution in [-0.4, -0.2) is 48.7 Å². The van der Waals surface area contributed by atoms with Crippen LogP contribution in [0.4, 0.5) is 17.3 Å². The highest BCUT2D eigenvalue weighted by Gasteiger charge is 2.19. The Morgan fingerprint density at radius 1 is 1.03 bits per heavy atom. The van der Waals surface area contributed by atoms with Crippen molar-refractivity contribution in [1.29, 1.82) is 0 Å². The molecule has 0 spiro atoms. The third-order valence-electron chi connectivity index (χ3n) is 5.14. The van der Waals surface area contributed by atoms with Crippen molar-refractivity contribution in [1.82, 2.24) is 9.97 Å². The van der Waals surface area contributed by atoms with Crippen LogP contribution in [-0.2, 0) is 4.79 Å². The van der Waals surface area contributed by atoms with Crippen molar-refractivity contribution < 1.29 is 9.53 Å². The molecule has 0 bridgehead atoms. The molecule has 1 saturated heterocycles. The molecule has 1 amide bonds. The lowest BCUT2D eigenvalue weighted by molar-refractivity contribution is -0.118. The second kappa shape index (κ2) is 9.66. The van der Waals surface area contributed by atoms with Gasteiger partial charge >= 0.3 is 0 Å². The van der Waals surface area contributed by atoms with Gasteiger partial charge in [0, 0.05) is 43.0 Å². The Morgan fingerprint density at radius 2 is 1.77 bits per heavy atom. The zero-order valence-corrected chi connectivity index (χ0v) is 18.0. The summed E-state index contributed by atoms with van der Waals surface area (Å²) in [6.45, 7) is 5.28. The van der Waals surface area contributed by atoms with E-state index < -0.39 is 0 Å². The number of aryl methyl sites for hydroxylation is 1. The number of carbonyl (C=O) groups excluding carboxylic acids is 1. The molecule has 31 heavy (non-hydrogen) atoms. The number of piperazine rings is 1. The molecule has 1 aromatic heterocycles. The first-order valence-electron chi connectivity index (χ1n) is 10.1. The molecule has 160 valence electrons. The Kier molecular flexibility index (Phi) is 6.52. The maximum absolute atomic E-state index is 12.3. The Hall–Kier alpha value is -3.32. The summed E-state index contributed by atoms with van der Waals surface area (Å²) in [6, 6.07) is 17.5. The first-order chi connectivity index (χ1) is 15.1. The van der Waals surface area contributed by atoms with Crippen LogP contribution < -0.4 is 19.9 Å². The lowest BCUT2D eigenvalue weighted by atomic mass is 10.2. The molecule has 1 aliphatic rings. The van der Waals surface area contributed by atoms with Crippen molar-refractivity contribution in [3.05, 3.63) is 71.5 Å². The molecule has 7 nitrogen and oxygen atoms in total. The van der Waals surface area contributed by atoms with Gasteiger partial charge in [0.25, 0.3) is 5.91 Å². The van der Waals surface area contributed by atoms with Crippen LogP contribution in [0.15, 0.2) is 60.9 Å². The van der Waals surface area contributed by atoms with E-state index in [1.165, 1.54) is 12.0 Å². The standard InChI is InChI=1S/C23H24ClN5O2/c1-17-13-19(7-8-20(17)24)31-15-23(30)27-21-14-22(26-16-25-21)29-11-9-28(10-12-29)18-5-3-2-4-6-18/h2-8,13-14,16H,9-12,15H2,1H3,(H,25,26,27,30). The average Bonchev–Trinajstić information content (AvgIpc) is 2.81. The number of hydrogen-bond acceptors (Lipinski definition) is 6. The van der Waals surface area contributed by atoms with Gasteiger partial charge in [-0.25, -0.2) is 9.97 Å². The van der Waals surface area contributed by atoms with Gasteiger partial charge in [-0.3, -0.25) is 4.79 Å². The summed E-state index contributed by atoms with van der Waals surface area (Å²) in [6.07, 6.45) is 1.47. The molecule has 2 aromatic carbocycles. The Balaban J connectivity index is 1.31. The first-order valence-corrected chi connectivity index (χ1v) is 10.5. The normalized spacial score (nSPS) is 13.7. The zero-order valence-electron chi connectivity index (χ0n) is 17.3. The van der Waals surface area contributed by atoms with E-state index in [1.807, 2.05) is 13.0 Å². The lowest BCUT2D eigenvalue weighted by Crippen LogP contribution is -2.46. The number of aromatic nitrogens is 2. The van der Waals surface area contributed by atoms with Crippen LogP contribution >= 0.6 is 11.6 Å². The quantitative estimate of drug-likeness (QED) is 0.632. The molecule has 8 heteroatoms. The summed E-state index contributed by atoms with van der Waals surface area (Å²) in [5, 5.41) is 3.44. The molecule has 0 unspecified atom stereocenters. The van der Waals surface area contributed by atoms with Crippen LogP contribution in [0, 0.1) is 6.92 Å². The molecule has 0 saturated carbocycles. The van der Waals surface area contributed by atoms with Gasteiger partial charge < -0.3 is 19.9 Å². The number of halogens is 1. The largest absolute Gasteiger partial charge is 0.484 e. The number of carbonyl (C=O) groups is 1. The van der Waals surface area contributed by atoms with Crippen LogP contribution in [0.5, 0.6) is 5.75 Å². The number of hydrogen-bond donors (Lipinski definition) is 1. The van der Waals surface area contributed by atoms with E-state index in [1.54, 1.807) is 24.3 Å². The van der Waals surface area contributed by atoms with Crippen molar-refractivity contribution in [2.75, 3.05) is 47.9 Å². The maximum atomic E-state index is 12.3. The van der Waals surface area contributed by atoms with Crippen molar-refractivity contribution in [2.24, 2.45) is 0 Å². The molecule has 0 aliphatic carbocycles. The van der Waals surface area contributed by atoms with Crippen LogP contribution in [0.1, 0.15) is 5.56 Å². The van der Waals surface area contributed by atoms with E-state index in [4.69, 9.17) is 16.3 Å². The van der Waals surface area contributed by atoms with Crippen LogP contribution in [0.2, 0.25) is 5.02 Å². The molecule has 2 heterocycles. The van der Waals surface area contributed by atoms with Crippen molar-refractivity contribution in [2.45, 2.75) is 6.92 Å². The smallest absolute Gasteiger partial charge is 0.263 e. The van der Waals surface area contributed by atoms with Gasteiger partial charge in [-0.2, -0.15) is 0 Å². The number of nitrogens with one attached hydrogen (secondary N) is 1. The van der Waals surface area contributed by atoms with Gasteiger partial charge in [0.1, 0.15) is 23.7 Å². The SMILES string of the molecule is Cc1cc(OCC(=O)Nc2cc(N3CCN(c4ccccc4)CC3)ncn2)ccc1Cl. The number of benzene rings is 2. The monoisotopic (exact) mass is 437 g/mol. The van der Waals surface area contributed by atoms with Crippen molar-refractivity contribution >= 4 is 34.8 Å². The van der Waals surface area contributed by atoms with E-state index in [-0.39, 0.29) is 12.5 Å². The molecule has 4 rings (SSSR count). The van der Waals surface area contributed by atoms with Gasteiger partial charge in [-0.1, -0.05) is 29.8 Å². The first kappa shape index (κ1) is 20.9. The zero-order chi connectivity index (χ0) is 21.6. The summed E-state index contributed by atoms with van der Waals surface area (Å²) in [4.78, 5) is 25.4. The second-order valence-corrected chi connectivity index (χ2v) is 7.73. The van der Waals surface area contributed by atoms with Crippen LogP contribution in [0.25, 0.3) is 0 Å². The van der Waals surface area contributed by atoms with Gasteiger partial charge in [0.05, 0.1) is 0 Å². The lowest BCUT2D eigenvalue weighted by Gasteiger charge is -2.36. The van der Waals surface area contributed by atoms with Crippen LogP contribution in [0.3, 0.4) is 0 Å². The molecule has 3 aromatic rings. The van der Waals surface area contributed by atoms with Gasteiger partial charge in [-0.05, 0) is 42.8 Å². The summed E-state index contributed by atoms with van der Waals surface area (Å²) >= 11 is 6.01. The number of rotatable bonds is 6. The highest BCUT2D eigenvalue weighted by atomic mass is 35.5. The molecule has 1 aliphatic heterocycles. The number of ether oxygens (including phenoxy) is 1. The highest BCUT2D eigenvalue weighted by Crippen LogP contribution is 2.22. The van der Waals surface area contributed by atoms with Gasteiger partial charge in [-0.15, -0.1) is 0 Å². The fraction of sp³-hybridized carbons (Fsp3) is 0.261. The number of amides is 1. The third-order valence-corrected chi connectivity index (χ3v) is 5.57. The fourth-order valence-corrected chi connectivity index (χ4v) is 3.57. The van der Waals surface area contributed by atoms with E-state index in [9.17, 15) is 4.79 Å². The average molecular weight is 438 g/mol. The second-order valence-electron chi connectivity index (χ2n) is 7.32. The minimum atomic E-state index is -0.286. The summed E-state index contributed by atoms with van der Waals surface area (Å²) < 4.78 is 5.55.